The Bertz CT molecular complexity index is 344. The first-order valence-corrected chi connectivity index (χ1v) is 7.34. The summed E-state index contributed by atoms with van der Waals surface area (Å²) in [4.78, 5) is 0. The predicted molar refractivity (Wildman–Crippen MR) is 77.5 cm³/mol. The Morgan fingerprint density at radius 3 is 2.53 bits per heavy atom. The largest absolute Gasteiger partial charge is 0.490 e. The molecule has 1 aromatic carbocycles. The zero-order valence-corrected chi connectivity index (χ0v) is 11.9. The molecule has 0 unspecified atom stereocenters. The fraction of sp³-hybridized carbons (Fsp3) is 0.625. The number of hydrogen-bond acceptors (Lipinski definition) is 3. The maximum atomic E-state index is 6.01. The van der Waals surface area contributed by atoms with Gasteiger partial charge in [-0.2, -0.15) is 0 Å². The number of nitrogens with one attached hydrogen (secondary N) is 1. The van der Waals surface area contributed by atoms with Crippen molar-refractivity contribution < 1.29 is 9.47 Å². The zero-order valence-electron chi connectivity index (χ0n) is 11.9. The normalized spacial score (nSPS) is 16.5. The van der Waals surface area contributed by atoms with Crippen molar-refractivity contribution in [2.24, 2.45) is 0 Å². The van der Waals surface area contributed by atoms with Crippen LogP contribution in [-0.4, -0.2) is 26.4 Å². The van der Waals surface area contributed by atoms with Gasteiger partial charge in [-0.1, -0.05) is 18.6 Å². The minimum Gasteiger partial charge on any atom is -0.490 e. The molecule has 1 aromatic rings. The first-order valence-electron chi connectivity index (χ1n) is 7.34. The van der Waals surface area contributed by atoms with E-state index in [0.29, 0.717) is 6.10 Å². The van der Waals surface area contributed by atoms with Gasteiger partial charge in [-0.25, -0.2) is 0 Å². The summed E-state index contributed by atoms with van der Waals surface area (Å²) in [5, 5.41) is 3.34. The van der Waals surface area contributed by atoms with Crippen LogP contribution in [0.1, 0.15) is 37.7 Å². The maximum Gasteiger partial charge on any atom is 0.119 e. The monoisotopic (exact) mass is 263 g/mol. The van der Waals surface area contributed by atoms with Gasteiger partial charge in [0.25, 0.3) is 0 Å². The van der Waals surface area contributed by atoms with Gasteiger partial charge in [-0.05, 0) is 43.4 Å². The molecule has 1 fully saturated rings. The van der Waals surface area contributed by atoms with E-state index in [1.54, 1.807) is 7.11 Å². The van der Waals surface area contributed by atoms with E-state index >= 15 is 0 Å². The Morgan fingerprint density at radius 2 is 1.84 bits per heavy atom. The summed E-state index contributed by atoms with van der Waals surface area (Å²) < 4.78 is 11.0. The lowest BCUT2D eigenvalue weighted by atomic mass is 9.98. The van der Waals surface area contributed by atoms with Crippen LogP contribution in [0.15, 0.2) is 24.3 Å². The molecule has 0 amide bonds. The summed E-state index contributed by atoms with van der Waals surface area (Å²) in [6, 6.07) is 8.44. The van der Waals surface area contributed by atoms with E-state index < -0.39 is 0 Å². The van der Waals surface area contributed by atoms with Crippen LogP contribution in [0.4, 0.5) is 0 Å². The smallest absolute Gasteiger partial charge is 0.119 e. The third-order valence-corrected chi connectivity index (χ3v) is 3.59. The average molecular weight is 263 g/mol. The fourth-order valence-corrected chi connectivity index (χ4v) is 2.47. The van der Waals surface area contributed by atoms with Crippen LogP contribution in [0.5, 0.6) is 5.75 Å². The van der Waals surface area contributed by atoms with Crippen LogP contribution in [0, 0.1) is 0 Å². The van der Waals surface area contributed by atoms with Crippen LogP contribution >= 0.6 is 0 Å². The number of rotatable bonds is 7. The number of ether oxygens (including phenoxy) is 2. The quantitative estimate of drug-likeness (QED) is 0.767. The molecule has 1 aliphatic rings. The third-order valence-electron chi connectivity index (χ3n) is 3.59. The summed E-state index contributed by atoms with van der Waals surface area (Å²) in [6.07, 6.45) is 6.84. The summed E-state index contributed by atoms with van der Waals surface area (Å²) in [6.45, 7) is 2.52. The molecule has 2 rings (SSSR count). The topological polar surface area (TPSA) is 30.5 Å². The van der Waals surface area contributed by atoms with Crippen molar-refractivity contribution in [2.45, 2.75) is 44.8 Å². The van der Waals surface area contributed by atoms with Crippen molar-refractivity contribution >= 4 is 0 Å². The number of benzene rings is 1. The van der Waals surface area contributed by atoms with E-state index in [4.69, 9.17) is 9.47 Å². The second-order valence-electron chi connectivity index (χ2n) is 5.19. The molecule has 0 atom stereocenters. The van der Waals surface area contributed by atoms with Crippen molar-refractivity contribution in [3.63, 3.8) is 0 Å². The van der Waals surface area contributed by atoms with Crippen molar-refractivity contribution in [2.75, 3.05) is 20.3 Å². The molecule has 0 heterocycles. The van der Waals surface area contributed by atoms with E-state index in [1.165, 1.54) is 37.7 Å². The summed E-state index contributed by atoms with van der Waals surface area (Å²) in [7, 11) is 1.72. The van der Waals surface area contributed by atoms with Crippen LogP contribution in [-0.2, 0) is 11.3 Å². The van der Waals surface area contributed by atoms with E-state index in [9.17, 15) is 0 Å². The highest BCUT2D eigenvalue weighted by molar-refractivity contribution is 5.27. The number of methoxy groups -OCH3 is 1. The molecule has 1 N–H and O–H groups in total. The van der Waals surface area contributed by atoms with Gasteiger partial charge in [0.15, 0.2) is 0 Å². The molecule has 106 valence electrons. The molecular formula is C16H25NO2. The summed E-state index contributed by atoms with van der Waals surface area (Å²) in [5.41, 5.74) is 1.28. The van der Waals surface area contributed by atoms with Gasteiger partial charge in [0.1, 0.15) is 5.75 Å². The Hall–Kier alpha value is -1.06. The van der Waals surface area contributed by atoms with Crippen LogP contribution in [0.3, 0.4) is 0 Å². The van der Waals surface area contributed by atoms with Gasteiger partial charge in [-0.3, -0.25) is 0 Å². The van der Waals surface area contributed by atoms with E-state index in [0.717, 1.165) is 25.4 Å². The van der Waals surface area contributed by atoms with Crippen molar-refractivity contribution in [3.8, 4) is 5.75 Å². The van der Waals surface area contributed by atoms with Crippen molar-refractivity contribution in [1.82, 2.24) is 5.32 Å². The molecule has 0 radical (unpaired) electrons. The Balaban J connectivity index is 1.74. The molecule has 0 aliphatic heterocycles. The zero-order chi connectivity index (χ0) is 13.3. The standard InChI is InChI=1S/C16H25NO2/c1-18-12-11-17-13-14-7-9-16(10-8-14)19-15-5-3-2-4-6-15/h7-10,15,17H,2-6,11-13H2,1H3. The van der Waals surface area contributed by atoms with Crippen molar-refractivity contribution in [1.29, 1.82) is 0 Å². The first-order chi connectivity index (χ1) is 9.38. The van der Waals surface area contributed by atoms with E-state index in [-0.39, 0.29) is 0 Å². The van der Waals surface area contributed by atoms with Gasteiger partial charge < -0.3 is 14.8 Å². The third kappa shape index (κ3) is 5.21. The highest BCUT2D eigenvalue weighted by Gasteiger charge is 2.14. The second kappa shape index (κ2) is 8.18. The van der Waals surface area contributed by atoms with Gasteiger partial charge in [0.2, 0.25) is 0 Å². The average Bonchev–Trinajstić information content (AvgIpc) is 2.46. The van der Waals surface area contributed by atoms with Gasteiger partial charge in [0, 0.05) is 20.2 Å². The molecule has 0 saturated heterocycles. The Kier molecular flexibility index (Phi) is 6.18. The van der Waals surface area contributed by atoms with E-state index in [1.807, 2.05) is 0 Å². The highest BCUT2D eigenvalue weighted by Crippen LogP contribution is 2.23. The molecule has 0 spiro atoms. The molecule has 0 bridgehead atoms. The molecule has 1 aliphatic carbocycles. The number of hydrogen-bond donors (Lipinski definition) is 1. The van der Waals surface area contributed by atoms with Gasteiger partial charge in [-0.15, -0.1) is 0 Å². The summed E-state index contributed by atoms with van der Waals surface area (Å²) >= 11 is 0. The van der Waals surface area contributed by atoms with Gasteiger partial charge in [0.05, 0.1) is 12.7 Å². The lowest BCUT2D eigenvalue weighted by molar-refractivity contribution is 0.155. The maximum absolute atomic E-state index is 6.01. The van der Waals surface area contributed by atoms with E-state index in [2.05, 4.69) is 29.6 Å². The van der Waals surface area contributed by atoms with Crippen LogP contribution in [0.25, 0.3) is 0 Å². The minimum absolute atomic E-state index is 0.430. The lowest BCUT2D eigenvalue weighted by Gasteiger charge is -2.23. The molecule has 3 heteroatoms. The molecule has 3 nitrogen and oxygen atoms in total. The van der Waals surface area contributed by atoms with Crippen LogP contribution in [0.2, 0.25) is 0 Å². The predicted octanol–water partition coefficient (Wildman–Crippen LogP) is 3.13. The highest BCUT2D eigenvalue weighted by atomic mass is 16.5. The van der Waals surface area contributed by atoms with Gasteiger partial charge >= 0.3 is 0 Å². The molecule has 0 aromatic heterocycles. The molecule has 19 heavy (non-hydrogen) atoms. The molecular weight excluding hydrogens is 238 g/mol. The first kappa shape index (κ1) is 14.4. The molecule has 1 saturated carbocycles. The Labute approximate surface area is 116 Å². The van der Waals surface area contributed by atoms with Crippen molar-refractivity contribution in [3.05, 3.63) is 29.8 Å². The minimum atomic E-state index is 0.430. The SMILES string of the molecule is COCCNCc1ccc(OC2CCCCC2)cc1. The van der Waals surface area contributed by atoms with Crippen LogP contribution < -0.4 is 10.1 Å². The lowest BCUT2D eigenvalue weighted by Crippen LogP contribution is -2.20. The fourth-order valence-electron chi connectivity index (χ4n) is 2.47. The second-order valence-corrected chi connectivity index (χ2v) is 5.19. The Morgan fingerprint density at radius 1 is 1.11 bits per heavy atom. The summed E-state index contributed by atoms with van der Waals surface area (Å²) in [5.74, 6) is 1.01.